The van der Waals surface area contributed by atoms with Crippen LogP contribution >= 0.6 is 11.3 Å². The van der Waals surface area contributed by atoms with Crippen LogP contribution in [-0.2, 0) is 4.79 Å². The van der Waals surface area contributed by atoms with E-state index >= 15 is 0 Å². The molecule has 2 amide bonds. The van der Waals surface area contributed by atoms with Gasteiger partial charge >= 0.3 is 12.0 Å². The molecule has 0 aliphatic carbocycles. The lowest BCUT2D eigenvalue weighted by atomic mass is 10.3. The van der Waals surface area contributed by atoms with Crippen LogP contribution in [0.5, 0.6) is 0 Å². The molecule has 0 radical (unpaired) electrons. The number of thiazole rings is 1. The van der Waals surface area contributed by atoms with Crippen LogP contribution in [0.1, 0.15) is 11.8 Å². The molecular weight excluding hydrogens is 218 g/mol. The fraction of sp³-hybridized carbons (Fsp3) is 0.375. The first-order chi connectivity index (χ1) is 6.99. The van der Waals surface area contributed by atoms with Crippen LogP contribution in [0.15, 0.2) is 6.20 Å². The molecule has 0 aliphatic heterocycles. The second-order valence-corrected chi connectivity index (χ2v) is 4.17. The molecule has 1 rings (SSSR count). The summed E-state index contributed by atoms with van der Waals surface area (Å²) in [5, 5.41) is 13.7. The van der Waals surface area contributed by atoms with E-state index in [1.54, 1.807) is 6.20 Å². The van der Waals surface area contributed by atoms with Gasteiger partial charge in [-0.15, -0.1) is 11.3 Å². The van der Waals surface area contributed by atoms with Crippen LogP contribution in [0.25, 0.3) is 0 Å². The van der Waals surface area contributed by atoms with E-state index < -0.39 is 18.0 Å². The summed E-state index contributed by atoms with van der Waals surface area (Å²) >= 11 is 1.32. The number of rotatable bonds is 3. The Balaban J connectivity index is 2.46. The topological polar surface area (TPSA) is 91.3 Å². The molecule has 1 heterocycles. The number of hydrogen-bond donors (Lipinski definition) is 3. The maximum absolute atomic E-state index is 11.2. The summed E-state index contributed by atoms with van der Waals surface area (Å²) in [6, 6.07) is -1.50. The van der Waals surface area contributed by atoms with Crippen molar-refractivity contribution in [1.29, 1.82) is 0 Å². The Bertz CT molecular complexity index is 377. The summed E-state index contributed by atoms with van der Waals surface area (Å²) in [6.45, 7) is 3.25. The molecule has 82 valence electrons. The lowest BCUT2D eigenvalue weighted by molar-refractivity contribution is -0.138. The molecule has 1 unspecified atom stereocenters. The van der Waals surface area contributed by atoms with Gasteiger partial charge in [0, 0.05) is 11.1 Å². The van der Waals surface area contributed by atoms with Gasteiger partial charge < -0.3 is 10.4 Å². The third-order valence-electron chi connectivity index (χ3n) is 1.56. The van der Waals surface area contributed by atoms with Gasteiger partial charge in [0.1, 0.15) is 6.04 Å². The second-order valence-electron chi connectivity index (χ2n) is 2.93. The molecule has 0 bridgehead atoms. The number of nitrogens with one attached hydrogen (secondary N) is 2. The maximum atomic E-state index is 11.2. The average molecular weight is 229 g/mol. The van der Waals surface area contributed by atoms with Gasteiger partial charge in [-0.25, -0.2) is 9.78 Å². The zero-order chi connectivity index (χ0) is 11.4. The molecule has 1 aromatic rings. The molecule has 0 aliphatic rings. The largest absolute Gasteiger partial charge is 0.480 e. The van der Waals surface area contributed by atoms with Crippen LogP contribution in [0.4, 0.5) is 9.93 Å². The van der Waals surface area contributed by atoms with E-state index in [1.165, 1.54) is 18.3 Å². The molecule has 0 saturated carbocycles. The number of hydrogen-bond acceptors (Lipinski definition) is 4. The van der Waals surface area contributed by atoms with Crippen LogP contribution < -0.4 is 10.6 Å². The van der Waals surface area contributed by atoms with Gasteiger partial charge in [-0.05, 0) is 13.8 Å². The van der Waals surface area contributed by atoms with E-state index in [0.717, 1.165) is 4.88 Å². The van der Waals surface area contributed by atoms with E-state index in [2.05, 4.69) is 15.6 Å². The van der Waals surface area contributed by atoms with Crippen molar-refractivity contribution in [2.24, 2.45) is 0 Å². The standard InChI is InChI=1S/C8H11N3O3S/c1-4-3-9-8(15-4)11-7(14)10-5(2)6(12)13/h3,5H,1-2H3,(H,12,13)(H2,9,10,11,14). The molecule has 15 heavy (non-hydrogen) atoms. The van der Waals surface area contributed by atoms with Gasteiger partial charge in [-0.2, -0.15) is 0 Å². The number of anilines is 1. The minimum atomic E-state index is -1.08. The van der Waals surface area contributed by atoms with Gasteiger partial charge in [-0.3, -0.25) is 10.1 Å². The normalized spacial score (nSPS) is 11.9. The number of aryl methyl sites for hydroxylation is 1. The Morgan fingerprint density at radius 1 is 1.60 bits per heavy atom. The van der Waals surface area contributed by atoms with Gasteiger partial charge in [0.2, 0.25) is 0 Å². The van der Waals surface area contributed by atoms with Crippen LogP contribution in [0.2, 0.25) is 0 Å². The molecule has 3 N–H and O–H groups in total. The molecule has 7 heteroatoms. The quantitative estimate of drug-likeness (QED) is 0.722. The van der Waals surface area contributed by atoms with Crippen molar-refractivity contribution >= 4 is 28.5 Å². The second kappa shape index (κ2) is 4.74. The van der Waals surface area contributed by atoms with Gasteiger partial charge in [0.05, 0.1) is 0 Å². The zero-order valence-electron chi connectivity index (χ0n) is 8.27. The zero-order valence-corrected chi connectivity index (χ0v) is 9.09. The Labute approximate surface area is 90.3 Å². The monoisotopic (exact) mass is 229 g/mol. The predicted octanol–water partition coefficient (Wildman–Crippen LogP) is 1.05. The number of urea groups is 1. The van der Waals surface area contributed by atoms with Crippen molar-refractivity contribution in [3.8, 4) is 0 Å². The van der Waals surface area contributed by atoms with Crippen molar-refractivity contribution in [3.63, 3.8) is 0 Å². The molecule has 6 nitrogen and oxygen atoms in total. The maximum Gasteiger partial charge on any atom is 0.325 e. The van der Waals surface area contributed by atoms with E-state index in [-0.39, 0.29) is 0 Å². The number of carboxylic acids is 1. The van der Waals surface area contributed by atoms with Crippen LogP contribution in [-0.4, -0.2) is 28.1 Å². The minimum Gasteiger partial charge on any atom is -0.480 e. The highest BCUT2D eigenvalue weighted by atomic mass is 32.1. The number of aromatic nitrogens is 1. The Kier molecular flexibility index (Phi) is 3.62. The van der Waals surface area contributed by atoms with Crippen molar-refractivity contribution in [1.82, 2.24) is 10.3 Å². The number of carbonyl (C=O) groups excluding carboxylic acids is 1. The molecule has 1 atom stereocenters. The first-order valence-corrected chi connectivity index (χ1v) is 5.03. The third-order valence-corrected chi connectivity index (χ3v) is 2.39. The van der Waals surface area contributed by atoms with Crippen molar-refractivity contribution in [3.05, 3.63) is 11.1 Å². The smallest absolute Gasteiger partial charge is 0.325 e. The van der Waals surface area contributed by atoms with Crippen LogP contribution in [0.3, 0.4) is 0 Å². The van der Waals surface area contributed by atoms with E-state index in [9.17, 15) is 9.59 Å². The molecule has 0 spiro atoms. The van der Waals surface area contributed by atoms with Gasteiger partial charge in [-0.1, -0.05) is 0 Å². The number of carboxylic acid groups (broad SMARTS) is 1. The number of amides is 2. The van der Waals surface area contributed by atoms with E-state index in [4.69, 9.17) is 5.11 Å². The molecule has 0 saturated heterocycles. The minimum absolute atomic E-state index is 0.447. The van der Waals surface area contributed by atoms with E-state index in [1.807, 2.05) is 6.92 Å². The summed E-state index contributed by atoms with van der Waals surface area (Å²) in [6.07, 6.45) is 1.63. The molecule has 1 aromatic heterocycles. The lowest BCUT2D eigenvalue weighted by Crippen LogP contribution is -2.40. The fourth-order valence-corrected chi connectivity index (χ4v) is 1.46. The van der Waals surface area contributed by atoms with Crippen molar-refractivity contribution < 1.29 is 14.7 Å². The van der Waals surface area contributed by atoms with Crippen molar-refractivity contribution in [2.75, 3.05) is 5.32 Å². The number of aliphatic carboxylic acids is 1. The summed E-state index contributed by atoms with van der Waals surface area (Å²) in [7, 11) is 0. The highest BCUT2D eigenvalue weighted by Crippen LogP contribution is 2.15. The fourth-order valence-electron chi connectivity index (χ4n) is 0.804. The predicted molar refractivity (Wildman–Crippen MR) is 56.1 cm³/mol. The molecular formula is C8H11N3O3S. The Morgan fingerprint density at radius 2 is 2.27 bits per heavy atom. The summed E-state index contributed by atoms with van der Waals surface area (Å²) in [4.78, 5) is 26.5. The van der Waals surface area contributed by atoms with Gasteiger partial charge in [0.15, 0.2) is 5.13 Å². The summed E-state index contributed by atoms with van der Waals surface area (Å²) < 4.78 is 0. The highest BCUT2D eigenvalue weighted by molar-refractivity contribution is 7.15. The highest BCUT2D eigenvalue weighted by Gasteiger charge is 2.14. The van der Waals surface area contributed by atoms with Gasteiger partial charge in [0.25, 0.3) is 0 Å². The first-order valence-electron chi connectivity index (χ1n) is 4.22. The number of nitrogens with zero attached hydrogens (tertiary/aromatic N) is 1. The summed E-state index contributed by atoms with van der Waals surface area (Å²) in [5.41, 5.74) is 0. The van der Waals surface area contributed by atoms with E-state index in [0.29, 0.717) is 5.13 Å². The Morgan fingerprint density at radius 3 is 2.73 bits per heavy atom. The SMILES string of the molecule is Cc1cnc(NC(=O)NC(C)C(=O)O)s1. The van der Waals surface area contributed by atoms with Crippen molar-refractivity contribution in [2.45, 2.75) is 19.9 Å². The molecule has 0 fully saturated rings. The summed E-state index contributed by atoms with van der Waals surface area (Å²) in [5.74, 6) is -1.08. The lowest BCUT2D eigenvalue weighted by Gasteiger charge is -2.08. The number of carbonyl (C=O) groups is 2. The third kappa shape index (κ3) is 3.55. The first kappa shape index (κ1) is 11.4. The van der Waals surface area contributed by atoms with Crippen LogP contribution in [0, 0.1) is 6.92 Å². The molecule has 0 aromatic carbocycles. The Hall–Kier alpha value is -1.63. The average Bonchev–Trinajstić information content (AvgIpc) is 2.50.